The third kappa shape index (κ3) is 14.0. The Morgan fingerprint density at radius 3 is 0.960 bits per heavy atom. The molecule has 0 radical (unpaired) electrons. The third-order valence-electron chi connectivity index (χ3n) is 19.1. The maximum absolute atomic E-state index is 5.60. The molecule has 0 atom stereocenters. The predicted octanol–water partition coefficient (Wildman–Crippen LogP) is 21.8. The summed E-state index contributed by atoms with van der Waals surface area (Å²) in [6, 6.07) is 11.5. The van der Waals surface area contributed by atoms with E-state index < -0.39 is 36.8 Å². The second-order valence-corrected chi connectivity index (χ2v) is 54.2. The molecule has 0 N–H and O–H groups in total. The van der Waals surface area contributed by atoms with Crippen LogP contribution in [0.5, 0.6) is 0 Å². The number of fused-ring (bicyclic) bond motifs is 10. The molecule has 5 aromatic rings. The van der Waals surface area contributed by atoms with E-state index in [0.29, 0.717) is 0 Å². The first-order valence-electron chi connectivity index (χ1n) is 32.4. The molecular weight excluding hydrogens is 1160 g/mol. The van der Waals surface area contributed by atoms with Crippen molar-refractivity contribution in [3.8, 4) is 22.3 Å². The van der Waals surface area contributed by atoms with Crippen LogP contribution in [0, 0.1) is 0 Å². The molecule has 0 fully saturated rings. The summed E-state index contributed by atoms with van der Waals surface area (Å²) < 4.78 is 29.6. The standard InChI is InChI=1S/C52H72N4S2.3C4H9.3CH3.2Sn/c1-5-9-13-17-21-25-33-51(34-26-22-18-14-10-6-2)41-29-31-45-49(55-57-53-45)47(41)39-38-44-40(37-43(39)51)48-42(30-32-46-50(48)56-58-54-46)52(44,35-27-23-19-15-11-7-3)36-28-24-20-16-12-8-4;3*1-3-4-2;;;;;/h29-30,37-38H,5-28,33-36H2,1-4H3;3*1,3-4H2,2H3;3*1H3;;. The van der Waals surface area contributed by atoms with Crippen molar-refractivity contribution in [2.24, 2.45) is 0 Å². The summed E-state index contributed by atoms with van der Waals surface area (Å²) >= 11 is -2.71. The molecule has 7 rings (SSSR count). The number of hydrogen-bond acceptors (Lipinski definition) is 6. The summed E-state index contributed by atoms with van der Waals surface area (Å²) in [6.45, 7) is 16.8. The van der Waals surface area contributed by atoms with E-state index in [2.05, 4.69) is 87.6 Å². The Bertz CT molecular complexity index is 2460. The summed E-state index contributed by atoms with van der Waals surface area (Å²) in [5, 5.41) is 0. The number of benzene rings is 3. The Labute approximate surface area is 477 Å². The molecule has 0 aliphatic heterocycles. The topological polar surface area (TPSA) is 51.6 Å². The van der Waals surface area contributed by atoms with Crippen LogP contribution in [0.4, 0.5) is 0 Å². The molecule has 0 spiro atoms. The van der Waals surface area contributed by atoms with Crippen molar-refractivity contribution in [1.29, 1.82) is 0 Å². The van der Waals surface area contributed by atoms with Crippen molar-refractivity contribution < 1.29 is 0 Å². The fraction of sp³-hybridized carbons (Fsp3) is 0.731. The van der Waals surface area contributed by atoms with Gasteiger partial charge in [-0.25, -0.2) is 0 Å². The number of unbranched alkanes of at least 4 members (excludes halogenated alkanes) is 23. The van der Waals surface area contributed by atoms with Gasteiger partial charge in [0, 0.05) is 0 Å². The molecule has 0 saturated carbocycles. The minimum absolute atomic E-state index is 0.0334. The normalized spacial score (nSPS) is 14.6. The molecule has 75 heavy (non-hydrogen) atoms. The van der Waals surface area contributed by atoms with E-state index in [1.54, 1.807) is 35.0 Å². The zero-order valence-electron chi connectivity index (χ0n) is 50.1. The fourth-order valence-electron chi connectivity index (χ4n) is 14.7. The van der Waals surface area contributed by atoms with Gasteiger partial charge in [-0.15, -0.1) is 0 Å². The van der Waals surface area contributed by atoms with Gasteiger partial charge < -0.3 is 0 Å². The van der Waals surface area contributed by atoms with Gasteiger partial charge in [-0.3, -0.25) is 0 Å². The van der Waals surface area contributed by atoms with Gasteiger partial charge in [0.25, 0.3) is 0 Å². The van der Waals surface area contributed by atoms with Gasteiger partial charge in [0.15, 0.2) is 0 Å². The molecule has 8 heteroatoms. The van der Waals surface area contributed by atoms with E-state index in [-0.39, 0.29) is 10.8 Å². The van der Waals surface area contributed by atoms with Gasteiger partial charge >= 0.3 is 481 Å². The fourth-order valence-corrected chi connectivity index (χ4v) is 37.0. The first-order valence-corrected chi connectivity index (χ1v) is 51.3. The zero-order valence-corrected chi connectivity index (χ0v) is 57.4. The summed E-state index contributed by atoms with van der Waals surface area (Å²) in [6.07, 6.45) is 45.0. The molecular formula is C67H108N4S2Sn2. The van der Waals surface area contributed by atoms with Crippen LogP contribution in [0.15, 0.2) is 24.3 Å². The Balaban J connectivity index is 1.55. The Hall–Kier alpha value is -1.10. The summed E-state index contributed by atoms with van der Waals surface area (Å²) in [5.41, 5.74) is 17.7. The summed E-state index contributed by atoms with van der Waals surface area (Å²) in [7, 11) is 0. The average molecular weight is 1270 g/mol. The van der Waals surface area contributed by atoms with E-state index in [4.69, 9.17) is 17.5 Å². The van der Waals surface area contributed by atoms with Crippen LogP contribution in [0.1, 0.15) is 289 Å². The van der Waals surface area contributed by atoms with Gasteiger partial charge in [0.2, 0.25) is 0 Å². The van der Waals surface area contributed by atoms with Crippen molar-refractivity contribution in [1.82, 2.24) is 17.5 Å². The number of nitrogens with zero attached hydrogens (tertiary/aromatic N) is 4. The molecule has 0 bridgehead atoms. The van der Waals surface area contributed by atoms with Crippen LogP contribution in [-0.2, 0) is 10.8 Å². The molecule has 4 nitrogen and oxygen atoms in total. The summed E-state index contributed by atoms with van der Waals surface area (Å²) in [4.78, 5) is 7.87. The SMILES string of the molecule is CCCCCCCCC1(CCCCCCCC)c2cc3c(cc2-c2c1c[c]([Sn]([CH3])([CH3])[CH3])c1nsnc21)C(CCCCCCCC)(CCCCCCCC)c1c[c]([Sn]([CH2]CCC)([CH2]CCC)[CH2]CCC)c2nsnc2c1-3. The second kappa shape index (κ2) is 30.1. The Morgan fingerprint density at radius 2 is 0.627 bits per heavy atom. The van der Waals surface area contributed by atoms with E-state index in [9.17, 15) is 0 Å². The van der Waals surface area contributed by atoms with Gasteiger partial charge in [-0.1, -0.05) is 0 Å². The summed E-state index contributed by atoms with van der Waals surface area (Å²) in [5.74, 6) is 0. The Morgan fingerprint density at radius 1 is 0.333 bits per heavy atom. The van der Waals surface area contributed by atoms with Gasteiger partial charge in [0.1, 0.15) is 0 Å². The zero-order chi connectivity index (χ0) is 53.3. The molecule has 416 valence electrons. The van der Waals surface area contributed by atoms with Crippen LogP contribution in [-0.4, -0.2) is 54.2 Å². The molecule has 3 aromatic carbocycles. The molecule has 2 aromatic heterocycles. The van der Waals surface area contributed by atoms with Crippen molar-refractivity contribution in [3.05, 3.63) is 46.5 Å². The molecule has 0 saturated heterocycles. The van der Waals surface area contributed by atoms with Gasteiger partial charge in [-0.05, 0) is 0 Å². The minimum atomic E-state index is -3.04. The van der Waals surface area contributed by atoms with Crippen LogP contribution < -0.4 is 7.16 Å². The van der Waals surface area contributed by atoms with Crippen LogP contribution in [0.2, 0.25) is 28.1 Å². The molecule has 0 amide bonds. The Kier molecular flexibility index (Phi) is 24.7. The number of hydrogen-bond donors (Lipinski definition) is 0. The van der Waals surface area contributed by atoms with E-state index in [0.717, 1.165) is 0 Å². The van der Waals surface area contributed by atoms with Crippen LogP contribution in [0.3, 0.4) is 0 Å². The van der Waals surface area contributed by atoms with Crippen molar-refractivity contribution in [3.63, 3.8) is 0 Å². The monoisotopic (exact) mass is 1270 g/mol. The molecule has 2 aliphatic rings. The van der Waals surface area contributed by atoms with Crippen LogP contribution >= 0.6 is 23.5 Å². The second-order valence-electron chi connectivity index (χ2n) is 25.6. The predicted molar refractivity (Wildman–Crippen MR) is 340 cm³/mol. The number of rotatable bonds is 39. The quantitative estimate of drug-likeness (QED) is 0.0291. The van der Waals surface area contributed by atoms with Crippen LogP contribution in [0.25, 0.3) is 44.3 Å². The molecule has 2 aliphatic carbocycles. The van der Waals surface area contributed by atoms with Crippen molar-refractivity contribution >= 4 is 89.4 Å². The van der Waals surface area contributed by atoms with E-state index >= 15 is 0 Å². The maximum atomic E-state index is 5.60. The molecule has 2 heterocycles. The van der Waals surface area contributed by atoms with Gasteiger partial charge in [0.05, 0.1) is 0 Å². The van der Waals surface area contributed by atoms with E-state index in [1.165, 1.54) is 294 Å². The molecule has 0 unspecified atom stereocenters. The van der Waals surface area contributed by atoms with Crippen molar-refractivity contribution in [2.45, 2.75) is 306 Å². The van der Waals surface area contributed by atoms with Gasteiger partial charge in [-0.2, -0.15) is 0 Å². The first kappa shape index (κ1) is 61.5. The van der Waals surface area contributed by atoms with E-state index in [1.807, 2.05) is 0 Å². The van der Waals surface area contributed by atoms with Crippen molar-refractivity contribution in [2.75, 3.05) is 0 Å². The first-order chi connectivity index (χ1) is 36.6. The number of aromatic nitrogens is 4. The average Bonchev–Trinajstić information content (AvgIpc) is 4.20. The third-order valence-corrected chi connectivity index (χ3v) is 41.4.